The topological polar surface area (TPSA) is 66.4 Å². The molecule has 0 bridgehead atoms. The van der Waals surface area contributed by atoms with Crippen LogP contribution >= 0.6 is 0 Å². The number of rotatable bonds is 3. The molecule has 1 aromatic heterocycles. The fraction of sp³-hybridized carbons (Fsp3) is 0.455. The summed E-state index contributed by atoms with van der Waals surface area (Å²) in [6, 6.07) is 9.86. The number of carbonyl (C=O) groups is 2. The van der Waals surface area contributed by atoms with Crippen LogP contribution in [0.25, 0.3) is 0 Å². The number of carbonyl (C=O) groups excluding carboxylic acids is 2. The quantitative estimate of drug-likeness (QED) is 0.824. The van der Waals surface area contributed by atoms with Gasteiger partial charge < -0.3 is 4.90 Å². The molecule has 2 aromatic rings. The summed E-state index contributed by atoms with van der Waals surface area (Å²) in [5.74, 6) is 1.86. The minimum absolute atomic E-state index is 0.0971. The van der Waals surface area contributed by atoms with E-state index in [2.05, 4.69) is 0 Å². The number of aryl methyl sites for hydroxylation is 1. The van der Waals surface area contributed by atoms with Crippen molar-refractivity contribution in [3.8, 4) is 0 Å². The van der Waals surface area contributed by atoms with Crippen LogP contribution in [-0.4, -0.2) is 46.8 Å². The maximum Gasteiger partial charge on any atom is 0.228 e. The van der Waals surface area contributed by atoms with Crippen LogP contribution in [0.5, 0.6) is 0 Å². The Bertz CT molecular complexity index is 897. The van der Waals surface area contributed by atoms with Crippen molar-refractivity contribution in [3.63, 3.8) is 0 Å². The average Bonchev–Trinajstić information content (AvgIpc) is 2.71. The number of hydrogen-bond donors (Lipinski definition) is 0. The number of fused-ring (bicyclic) bond motifs is 1. The first-order valence-corrected chi connectivity index (χ1v) is 9.98. The summed E-state index contributed by atoms with van der Waals surface area (Å²) in [4.78, 5) is 38.0. The van der Waals surface area contributed by atoms with E-state index in [1.807, 2.05) is 42.2 Å². The van der Waals surface area contributed by atoms with Crippen LogP contribution in [0, 0.1) is 6.92 Å². The largest absolute Gasteiger partial charge is 0.342 e. The Morgan fingerprint density at radius 1 is 1.18 bits per heavy atom. The Labute approximate surface area is 165 Å². The summed E-state index contributed by atoms with van der Waals surface area (Å²) in [6.07, 6.45) is 3.55. The van der Waals surface area contributed by atoms with E-state index in [1.54, 1.807) is 11.9 Å². The fourth-order valence-electron chi connectivity index (χ4n) is 4.17. The molecule has 1 saturated heterocycles. The van der Waals surface area contributed by atoms with Gasteiger partial charge in [0.25, 0.3) is 0 Å². The van der Waals surface area contributed by atoms with Gasteiger partial charge in [-0.3, -0.25) is 14.5 Å². The molecule has 146 valence electrons. The Balaban J connectivity index is 1.53. The van der Waals surface area contributed by atoms with Gasteiger partial charge in [-0.1, -0.05) is 30.3 Å². The van der Waals surface area contributed by atoms with E-state index in [4.69, 9.17) is 9.97 Å². The van der Waals surface area contributed by atoms with E-state index in [0.717, 1.165) is 47.8 Å². The van der Waals surface area contributed by atoms with E-state index in [1.165, 1.54) is 0 Å². The third-order valence-electron chi connectivity index (χ3n) is 5.83. The summed E-state index contributed by atoms with van der Waals surface area (Å²) in [5, 5.41) is 0. The molecule has 2 amide bonds. The molecule has 0 radical (unpaired) electrons. The zero-order valence-electron chi connectivity index (χ0n) is 16.5. The number of aromatic nitrogens is 2. The molecule has 0 aliphatic carbocycles. The van der Waals surface area contributed by atoms with E-state index < -0.39 is 0 Å². The minimum Gasteiger partial charge on any atom is -0.342 e. The molecular formula is C22H26N4O2. The molecule has 2 aliphatic heterocycles. The first kappa shape index (κ1) is 18.6. The zero-order valence-corrected chi connectivity index (χ0v) is 16.5. The third-order valence-corrected chi connectivity index (χ3v) is 5.83. The second kappa shape index (κ2) is 7.70. The lowest BCUT2D eigenvalue weighted by Gasteiger charge is -2.33. The van der Waals surface area contributed by atoms with Crippen molar-refractivity contribution in [2.24, 2.45) is 0 Å². The standard InChI is InChI=1S/C22H26N4O2/c1-15-18-10-11-19(27)25(2)22(18)24-21(23-15)17-9-6-12-26(14-17)20(28)13-16-7-4-3-5-8-16/h3-5,7-8,17H,6,9-14H2,1-2H3/t17-/m1/s1. The van der Waals surface area contributed by atoms with Crippen LogP contribution in [-0.2, 0) is 22.4 Å². The van der Waals surface area contributed by atoms with Gasteiger partial charge in [-0.15, -0.1) is 0 Å². The molecule has 1 atom stereocenters. The van der Waals surface area contributed by atoms with Gasteiger partial charge in [-0.2, -0.15) is 0 Å². The van der Waals surface area contributed by atoms with Crippen molar-refractivity contribution in [2.45, 2.75) is 44.9 Å². The predicted octanol–water partition coefficient (Wildman–Crippen LogP) is 2.64. The second-order valence-corrected chi connectivity index (χ2v) is 7.76. The van der Waals surface area contributed by atoms with Crippen LogP contribution in [0.4, 0.5) is 5.82 Å². The highest BCUT2D eigenvalue weighted by Gasteiger charge is 2.30. The second-order valence-electron chi connectivity index (χ2n) is 7.76. The van der Waals surface area contributed by atoms with Gasteiger partial charge in [0.15, 0.2) is 0 Å². The number of amides is 2. The van der Waals surface area contributed by atoms with Crippen molar-refractivity contribution in [3.05, 3.63) is 53.0 Å². The van der Waals surface area contributed by atoms with Gasteiger partial charge in [0.1, 0.15) is 11.6 Å². The predicted molar refractivity (Wildman–Crippen MR) is 107 cm³/mol. The summed E-state index contributed by atoms with van der Waals surface area (Å²) in [5.41, 5.74) is 3.06. The molecule has 1 aromatic carbocycles. The molecule has 0 saturated carbocycles. The lowest BCUT2D eigenvalue weighted by Crippen LogP contribution is -2.40. The number of benzene rings is 1. The highest BCUT2D eigenvalue weighted by molar-refractivity contribution is 5.94. The van der Waals surface area contributed by atoms with Crippen molar-refractivity contribution < 1.29 is 9.59 Å². The molecule has 1 fully saturated rings. The molecule has 0 spiro atoms. The van der Waals surface area contributed by atoms with Gasteiger partial charge in [0.05, 0.1) is 6.42 Å². The first-order chi connectivity index (χ1) is 13.5. The Morgan fingerprint density at radius 3 is 2.75 bits per heavy atom. The monoisotopic (exact) mass is 378 g/mol. The van der Waals surface area contributed by atoms with E-state index in [-0.39, 0.29) is 17.7 Å². The number of nitrogens with zero attached hydrogens (tertiary/aromatic N) is 4. The maximum absolute atomic E-state index is 12.8. The minimum atomic E-state index is 0.0971. The maximum atomic E-state index is 12.8. The normalized spacial score (nSPS) is 19.5. The van der Waals surface area contributed by atoms with Gasteiger partial charge >= 0.3 is 0 Å². The summed E-state index contributed by atoms with van der Waals surface area (Å²) in [7, 11) is 1.78. The number of anilines is 1. The van der Waals surface area contributed by atoms with Gasteiger partial charge in [-0.05, 0) is 31.7 Å². The summed E-state index contributed by atoms with van der Waals surface area (Å²) < 4.78 is 0. The van der Waals surface area contributed by atoms with Crippen molar-refractivity contribution in [1.29, 1.82) is 0 Å². The van der Waals surface area contributed by atoms with Crippen LogP contribution in [0.3, 0.4) is 0 Å². The first-order valence-electron chi connectivity index (χ1n) is 9.98. The van der Waals surface area contributed by atoms with E-state index in [9.17, 15) is 9.59 Å². The Kier molecular flexibility index (Phi) is 5.11. The molecule has 6 heteroatoms. The van der Waals surface area contributed by atoms with Crippen LogP contribution in [0.15, 0.2) is 30.3 Å². The Hall–Kier alpha value is -2.76. The lowest BCUT2D eigenvalue weighted by molar-refractivity contribution is -0.131. The lowest BCUT2D eigenvalue weighted by atomic mass is 9.95. The average molecular weight is 378 g/mol. The number of hydrogen-bond acceptors (Lipinski definition) is 4. The van der Waals surface area contributed by atoms with E-state index in [0.29, 0.717) is 25.8 Å². The Morgan fingerprint density at radius 2 is 1.96 bits per heavy atom. The molecular weight excluding hydrogens is 352 g/mol. The van der Waals surface area contributed by atoms with Crippen molar-refractivity contribution >= 4 is 17.6 Å². The zero-order chi connectivity index (χ0) is 19.7. The molecule has 0 N–H and O–H groups in total. The molecule has 4 rings (SSSR count). The molecule has 0 unspecified atom stereocenters. The molecule has 3 heterocycles. The number of piperidine rings is 1. The van der Waals surface area contributed by atoms with Gasteiger partial charge in [-0.25, -0.2) is 9.97 Å². The molecule has 2 aliphatic rings. The molecule has 6 nitrogen and oxygen atoms in total. The third kappa shape index (κ3) is 3.63. The van der Waals surface area contributed by atoms with Gasteiger partial charge in [0.2, 0.25) is 11.8 Å². The van der Waals surface area contributed by atoms with Crippen LogP contribution in [0.2, 0.25) is 0 Å². The van der Waals surface area contributed by atoms with E-state index >= 15 is 0 Å². The van der Waals surface area contributed by atoms with Crippen molar-refractivity contribution in [2.75, 3.05) is 25.0 Å². The highest BCUT2D eigenvalue weighted by Crippen LogP contribution is 2.31. The van der Waals surface area contributed by atoms with Crippen LogP contribution < -0.4 is 4.90 Å². The van der Waals surface area contributed by atoms with Gasteiger partial charge in [0, 0.05) is 43.7 Å². The van der Waals surface area contributed by atoms with Crippen molar-refractivity contribution in [1.82, 2.24) is 14.9 Å². The fourth-order valence-corrected chi connectivity index (χ4v) is 4.17. The highest BCUT2D eigenvalue weighted by atomic mass is 16.2. The number of likely N-dealkylation sites (tertiary alicyclic amines) is 1. The summed E-state index contributed by atoms with van der Waals surface area (Å²) in [6.45, 7) is 3.42. The SMILES string of the molecule is Cc1nc([C@@H]2CCCN(C(=O)Cc3ccccc3)C2)nc2c1CCC(=O)N2C. The van der Waals surface area contributed by atoms with Crippen LogP contribution in [0.1, 0.15) is 47.8 Å². The molecule has 28 heavy (non-hydrogen) atoms. The summed E-state index contributed by atoms with van der Waals surface area (Å²) >= 11 is 0. The smallest absolute Gasteiger partial charge is 0.228 e.